The molecular weight excluding hydrogens is 504 g/mol. The highest BCUT2D eigenvalue weighted by Crippen LogP contribution is 2.42. The van der Waals surface area contributed by atoms with E-state index in [9.17, 15) is 31.9 Å². The first-order chi connectivity index (χ1) is 18.1. The molecule has 5 rings (SSSR count). The van der Waals surface area contributed by atoms with Crippen molar-refractivity contribution in [1.29, 1.82) is 0 Å². The average Bonchev–Trinajstić information content (AvgIpc) is 3.64. The average molecular weight is 533 g/mol. The predicted octanol–water partition coefficient (Wildman–Crippen LogP) is 3.51. The summed E-state index contributed by atoms with van der Waals surface area (Å²) in [6, 6.07) is 11.1. The molecule has 202 valence electrons. The van der Waals surface area contributed by atoms with Crippen molar-refractivity contribution in [3.05, 3.63) is 71.0 Å². The van der Waals surface area contributed by atoms with Gasteiger partial charge in [0.05, 0.1) is 32.2 Å². The van der Waals surface area contributed by atoms with Crippen LogP contribution in [-0.4, -0.2) is 72.0 Å². The number of urea groups is 1. The number of rotatable bonds is 7. The lowest BCUT2D eigenvalue weighted by molar-refractivity contribution is -0.138. The second-order valence-electron chi connectivity index (χ2n) is 10.2. The Morgan fingerprint density at radius 2 is 1.74 bits per heavy atom. The number of nitrogens with zero attached hydrogens (tertiary/aromatic N) is 2. The molecule has 38 heavy (non-hydrogen) atoms. The lowest BCUT2D eigenvalue weighted by atomic mass is 9.96. The third-order valence-electron chi connectivity index (χ3n) is 7.19. The molecule has 2 aromatic rings. The highest BCUT2D eigenvalue weighted by atomic mass is 19.3. The van der Waals surface area contributed by atoms with Crippen LogP contribution in [0.2, 0.25) is 0 Å². The summed E-state index contributed by atoms with van der Waals surface area (Å²) in [4.78, 5) is 40.1. The summed E-state index contributed by atoms with van der Waals surface area (Å²) in [5, 5.41) is 5.11. The van der Waals surface area contributed by atoms with Crippen molar-refractivity contribution in [1.82, 2.24) is 20.4 Å². The third kappa shape index (κ3) is 5.61. The Balaban J connectivity index is 1.28. The van der Waals surface area contributed by atoms with E-state index in [4.69, 9.17) is 0 Å². The fourth-order valence-corrected chi connectivity index (χ4v) is 5.02. The largest absolute Gasteiger partial charge is 0.343 e. The molecule has 1 aliphatic carbocycles. The molecule has 2 saturated heterocycles. The van der Waals surface area contributed by atoms with Gasteiger partial charge in [-0.15, -0.1) is 0 Å². The second-order valence-corrected chi connectivity index (χ2v) is 10.2. The van der Waals surface area contributed by atoms with Crippen LogP contribution in [0.3, 0.4) is 0 Å². The Labute approximate surface area is 217 Å². The van der Waals surface area contributed by atoms with Crippen LogP contribution in [0, 0.1) is 5.82 Å². The fourth-order valence-electron chi connectivity index (χ4n) is 5.02. The number of carbonyl (C=O) groups is 3. The maximum absolute atomic E-state index is 14.9. The summed E-state index contributed by atoms with van der Waals surface area (Å²) in [7, 11) is 0. The Hall–Kier alpha value is -3.63. The summed E-state index contributed by atoms with van der Waals surface area (Å²) in [5.74, 6) is -4.41. The summed E-state index contributed by atoms with van der Waals surface area (Å²) < 4.78 is 55.2. The number of alkyl halides is 3. The Morgan fingerprint density at radius 1 is 1.03 bits per heavy atom. The van der Waals surface area contributed by atoms with E-state index in [1.54, 1.807) is 42.5 Å². The molecule has 2 heterocycles. The van der Waals surface area contributed by atoms with Crippen LogP contribution in [0.15, 0.2) is 48.5 Å². The molecule has 7 nitrogen and oxygen atoms in total. The SMILES string of the molecule is O=C(N[C@@H](c1ccccc1)c1ccc(C2CC2)c(F)c1)[C@@H]1C[C@@H](F)CN1C(=O)CNC(=O)N1CC(F)(F)C1. The van der Waals surface area contributed by atoms with Gasteiger partial charge < -0.3 is 20.4 Å². The van der Waals surface area contributed by atoms with Gasteiger partial charge in [0.2, 0.25) is 11.8 Å². The minimum atomic E-state index is -2.95. The van der Waals surface area contributed by atoms with E-state index in [1.807, 2.05) is 0 Å². The molecule has 0 spiro atoms. The van der Waals surface area contributed by atoms with E-state index >= 15 is 0 Å². The minimum absolute atomic E-state index is 0.214. The van der Waals surface area contributed by atoms with Crippen LogP contribution in [-0.2, 0) is 9.59 Å². The number of hydrogen-bond acceptors (Lipinski definition) is 3. The van der Waals surface area contributed by atoms with Crippen molar-refractivity contribution in [2.75, 3.05) is 26.2 Å². The Bertz CT molecular complexity index is 1220. The molecule has 3 aliphatic rings. The zero-order valence-corrected chi connectivity index (χ0v) is 20.5. The topological polar surface area (TPSA) is 81.8 Å². The number of likely N-dealkylation sites (tertiary alicyclic amines) is 2. The number of halogens is 4. The zero-order valence-electron chi connectivity index (χ0n) is 20.5. The van der Waals surface area contributed by atoms with Crippen molar-refractivity contribution in [2.24, 2.45) is 0 Å². The standard InChI is InChI=1S/C27H28F4N4O3/c28-19-11-22(35(13-19)23(36)12-32-26(38)34-14-27(30,31)15-34)25(37)33-24(17-4-2-1-3-5-17)18-8-9-20(16-6-7-16)21(29)10-18/h1-5,8-10,16,19,22,24H,6-7,11-15H2,(H,32,38)(H,33,37)/t19-,22+,24+/m1/s1. The van der Waals surface area contributed by atoms with E-state index in [-0.39, 0.29) is 24.7 Å². The first-order valence-electron chi connectivity index (χ1n) is 12.6. The van der Waals surface area contributed by atoms with E-state index < -0.39 is 61.7 Å². The molecule has 0 radical (unpaired) electrons. The lowest BCUT2D eigenvalue weighted by Gasteiger charge is -2.38. The number of nitrogens with one attached hydrogen (secondary N) is 2. The van der Waals surface area contributed by atoms with Gasteiger partial charge in [-0.25, -0.2) is 22.4 Å². The molecule has 2 aromatic carbocycles. The van der Waals surface area contributed by atoms with Gasteiger partial charge >= 0.3 is 6.03 Å². The molecular formula is C27H28F4N4O3. The predicted molar refractivity (Wildman–Crippen MR) is 130 cm³/mol. The van der Waals surface area contributed by atoms with Crippen LogP contribution >= 0.6 is 0 Å². The Kier molecular flexibility index (Phi) is 7.02. The number of benzene rings is 2. The fraction of sp³-hybridized carbons (Fsp3) is 0.444. The van der Waals surface area contributed by atoms with Crippen LogP contribution < -0.4 is 10.6 Å². The van der Waals surface area contributed by atoms with Crippen LogP contribution in [0.25, 0.3) is 0 Å². The quantitative estimate of drug-likeness (QED) is 0.536. The molecule has 3 atom stereocenters. The summed E-state index contributed by atoms with van der Waals surface area (Å²) in [6.45, 7) is -2.38. The highest BCUT2D eigenvalue weighted by molar-refractivity contribution is 5.91. The molecule has 4 amide bonds. The monoisotopic (exact) mass is 532 g/mol. The molecule has 1 saturated carbocycles. The van der Waals surface area contributed by atoms with Crippen molar-refractivity contribution < 1.29 is 31.9 Å². The number of carbonyl (C=O) groups excluding carboxylic acids is 3. The third-order valence-corrected chi connectivity index (χ3v) is 7.19. The maximum Gasteiger partial charge on any atom is 0.318 e. The first-order valence-corrected chi connectivity index (χ1v) is 12.6. The van der Waals surface area contributed by atoms with Crippen molar-refractivity contribution in [2.45, 2.75) is 49.4 Å². The van der Waals surface area contributed by atoms with E-state index in [2.05, 4.69) is 10.6 Å². The van der Waals surface area contributed by atoms with Crippen LogP contribution in [0.1, 0.15) is 47.9 Å². The molecule has 0 unspecified atom stereocenters. The zero-order chi connectivity index (χ0) is 27.0. The van der Waals surface area contributed by atoms with E-state index in [1.165, 1.54) is 6.07 Å². The van der Waals surface area contributed by atoms with Gasteiger partial charge in [0.15, 0.2) is 0 Å². The summed E-state index contributed by atoms with van der Waals surface area (Å²) >= 11 is 0. The molecule has 0 bridgehead atoms. The Morgan fingerprint density at radius 3 is 2.37 bits per heavy atom. The van der Waals surface area contributed by atoms with Gasteiger partial charge in [-0.3, -0.25) is 9.59 Å². The van der Waals surface area contributed by atoms with Crippen molar-refractivity contribution in [3.8, 4) is 0 Å². The second kappa shape index (κ2) is 10.3. The molecule has 3 fully saturated rings. The van der Waals surface area contributed by atoms with Crippen LogP contribution in [0.4, 0.5) is 22.4 Å². The van der Waals surface area contributed by atoms with Gasteiger partial charge in [0.1, 0.15) is 18.0 Å². The first kappa shape index (κ1) is 26.0. The minimum Gasteiger partial charge on any atom is -0.343 e. The summed E-state index contributed by atoms with van der Waals surface area (Å²) in [5.41, 5.74) is 1.84. The van der Waals surface area contributed by atoms with Crippen molar-refractivity contribution in [3.63, 3.8) is 0 Å². The van der Waals surface area contributed by atoms with E-state index in [0.717, 1.165) is 22.6 Å². The smallest absolute Gasteiger partial charge is 0.318 e. The van der Waals surface area contributed by atoms with Crippen LogP contribution in [0.5, 0.6) is 0 Å². The molecule has 2 aliphatic heterocycles. The van der Waals surface area contributed by atoms with Gasteiger partial charge in [0, 0.05) is 6.42 Å². The maximum atomic E-state index is 14.9. The van der Waals surface area contributed by atoms with Gasteiger partial charge in [-0.1, -0.05) is 42.5 Å². The van der Waals surface area contributed by atoms with Gasteiger partial charge in [-0.2, -0.15) is 0 Å². The molecule has 0 aromatic heterocycles. The van der Waals surface area contributed by atoms with Gasteiger partial charge in [0.25, 0.3) is 5.92 Å². The lowest BCUT2D eigenvalue weighted by Crippen LogP contribution is -2.61. The summed E-state index contributed by atoms with van der Waals surface area (Å²) in [6.07, 6.45) is 0.191. The van der Waals surface area contributed by atoms with Crippen molar-refractivity contribution >= 4 is 17.8 Å². The molecule has 2 N–H and O–H groups in total. The number of amides is 4. The number of hydrogen-bond donors (Lipinski definition) is 2. The normalized spacial score (nSPS) is 22.9. The highest BCUT2D eigenvalue weighted by Gasteiger charge is 2.46. The van der Waals surface area contributed by atoms with Gasteiger partial charge in [-0.05, 0) is 41.5 Å². The molecule has 11 heteroatoms. The van der Waals surface area contributed by atoms with E-state index in [0.29, 0.717) is 16.7 Å².